The summed E-state index contributed by atoms with van der Waals surface area (Å²) in [5.41, 5.74) is 0. The predicted molar refractivity (Wildman–Crippen MR) is 302 cm³/mol. The van der Waals surface area contributed by atoms with Crippen LogP contribution in [0.5, 0.6) is 0 Å². The standard InChI is InChI=1S/C64H98O6/c1-4-7-10-13-16-19-22-25-28-31-32-34-36-39-42-45-48-51-54-57-63(66)69-60-61(59-68-62(65)56-53-50-47-44-41-38-35-30-27-24-21-18-15-12-9-6-3)70-64(67)58-55-52-49-46-43-40-37-33-29-26-23-20-17-14-11-8-5-2/h7-8,10-11,16-17,19-20,25-26,28-30,32,34-35,37-42,46,48-49,51,61H,4-6,9,12-15,18,21-24,27,31,33,36,43-45,47,50,52-60H2,1-3H3/b10-7-,11-8-,19-16-,20-17-,28-25-,29-26-,34-32-,35-30-,40-37-,41-38-,42-39-,49-46-,51-48-. The highest BCUT2D eigenvalue weighted by Crippen LogP contribution is 2.11. The summed E-state index contributed by atoms with van der Waals surface area (Å²) in [6.07, 6.45) is 82.5. The molecule has 0 fully saturated rings. The third-order valence-electron chi connectivity index (χ3n) is 10.8. The van der Waals surface area contributed by atoms with Crippen LogP contribution in [-0.4, -0.2) is 37.2 Å². The number of rotatable bonds is 47. The zero-order chi connectivity index (χ0) is 50.7. The van der Waals surface area contributed by atoms with E-state index in [0.717, 1.165) is 109 Å². The lowest BCUT2D eigenvalue weighted by Gasteiger charge is -2.18. The Morgan fingerprint density at radius 2 is 0.643 bits per heavy atom. The van der Waals surface area contributed by atoms with E-state index in [9.17, 15) is 14.4 Å². The van der Waals surface area contributed by atoms with E-state index in [1.165, 1.54) is 44.9 Å². The van der Waals surface area contributed by atoms with E-state index in [1.807, 2.05) is 12.2 Å². The first-order valence-electron chi connectivity index (χ1n) is 27.5. The molecule has 0 aliphatic heterocycles. The van der Waals surface area contributed by atoms with Crippen molar-refractivity contribution in [1.29, 1.82) is 0 Å². The molecule has 1 atom stereocenters. The number of hydrogen-bond acceptors (Lipinski definition) is 6. The van der Waals surface area contributed by atoms with Gasteiger partial charge in [0.05, 0.1) is 0 Å². The Labute approximate surface area is 429 Å². The van der Waals surface area contributed by atoms with Crippen LogP contribution >= 0.6 is 0 Å². The van der Waals surface area contributed by atoms with Gasteiger partial charge in [0.15, 0.2) is 6.10 Å². The minimum Gasteiger partial charge on any atom is -0.462 e. The van der Waals surface area contributed by atoms with Crippen molar-refractivity contribution < 1.29 is 28.6 Å². The zero-order valence-electron chi connectivity index (χ0n) is 44.5. The van der Waals surface area contributed by atoms with Crippen molar-refractivity contribution >= 4 is 17.9 Å². The first kappa shape index (κ1) is 65.0. The van der Waals surface area contributed by atoms with Crippen molar-refractivity contribution in [2.24, 2.45) is 0 Å². The molecule has 0 aromatic rings. The number of esters is 3. The molecule has 0 spiro atoms. The summed E-state index contributed by atoms with van der Waals surface area (Å²) in [6.45, 7) is 6.25. The maximum Gasteiger partial charge on any atom is 0.306 e. The maximum absolute atomic E-state index is 12.8. The molecule has 6 heteroatoms. The molecule has 0 saturated heterocycles. The Morgan fingerprint density at radius 1 is 0.314 bits per heavy atom. The van der Waals surface area contributed by atoms with Gasteiger partial charge in [-0.3, -0.25) is 14.4 Å². The fraction of sp³-hybridized carbons (Fsp3) is 0.547. The van der Waals surface area contributed by atoms with Crippen molar-refractivity contribution in [3.63, 3.8) is 0 Å². The normalized spacial score (nSPS) is 13.4. The molecule has 0 N–H and O–H groups in total. The second-order valence-corrected chi connectivity index (χ2v) is 17.4. The molecule has 0 saturated carbocycles. The summed E-state index contributed by atoms with van der Waals surface area (Å²) in [4.78, 5) is 38.1. The zero-order valence-corrected chi connectivity index (χ0v) is 44.5. The molecule has 0 aliphatic rings. The van der Waals surface area contributed by atoms with Crippen LogP contribution in [0.3, 0.4) is 0 Å². The van der Waals surface area contributed by atoms with Gasteiger partial charge in [0, 0.05) is 19.3 Å². The number of hydrogen-bond donors (Lipinski definition) is 0. The first-order chi connectivity index (χ1) is 34.5. The SMILES string of the molecule is CC/C=C\C/C=C\C/C=C\C/C=C\C/C=C\C/C=C\CCC(=O)OCC(COC(=O)CCCCC/C=C\C=C/CCCCCCCCC)OC(=O)CCC/C=C\C/C=C\C/C=C\C/C=C\C/C=C\CC. The van der Waals surface area contributed by atoms with Crippen LogP contribution in [0.2, 0.25) is 0 Å². The molecule has 0 rings (SSSR count). The number of allylic oxidation sites excluding steroid dienone is 26. The minimum atomic E-state index is -0.857. The van der Waals surface area contributed by atoms with E-state index in [1.54, 1.807) is 0 Å². The predicted octanol–water partition coefficient (Wildman–Crippen LogP) is 18.6. The van der Waals surface area contributed by atoms with Crippen LogP contribution in [0.15, 0.2) is 158 Å². The van der Waals surface area contributed by atoms with Crippen LogP contribution < -0.4 is 0 Å². The van der Waals surface area contributed by atoms with Gasteiger partial charge in [-0.05, 0) is 122 Å². The first-order valence-corrected chi connectivity index (χ1v) is 27.5. The molecule has 1 unspecified atom stereocenters. The molecular formula is C64H98O6. The molecule has 0 radical (unpaired) electrons. The molecule has 0 aromatic carbocycles. The summed E-state index contributed by atoms with van der Waals surface area (Å²) in [6, 6.07) is 0. The number of ether oxygens (including phenoxy) is 3. The van der Waals surface area contributed by atoms with Crippen molar-refractivity contribution in [3.05, 3.63) is 158 Å². The van der Waals surface area contributed by atoms with Gasteiger partial charge >= 0.3 is 17.9 Å². The van der Waals surface area contributed by atoms with Gasteiger partial charge in [0.2, 0.25) is 0 Å². The second-order valence-electron chi connectivity index (χ2n) is 17.4. The molecule has 0 bridgehead atoms. The van der Waals surface area contributed by atoms with Crippen molar-refractivity contribution in [3.8, 4) is 0 Å². The highest BCUT2D eigenvalue weighted by molar-refractivity contribution is 5.71. The Kier molecular flexibility index (Phi) is 52.6. The van der Waals surface area contributed by atoms with E-state index >= 15 is 0 Å². The van der Waals surface area contributed by atoms with Gasteiger partial charge in [-0.15, -0.1) is 0 Å². The van der Waals surface area contributed by atoms with Crippen LogP contribution in [0.25, 0.3) is 0 Å². The van der Waals surface area contributed by atoms with Crippen LogP contribution in [0, 0.1) is 0 Å². The van der Waals surface area contributed by atoms with Gasteiger partial charge in [0.1, 0.15) is 13.2 Å². The monoisotopic (exact) mass is 963 g/mol. The Hall–Kier alpha value is -4.97. The van der Waals surface area contributed by atoms with Crippen molar-refractivity contribution in [2.45, 2.75) is 213 Å². The smallest absolute Gasteiger partial charge is 0.306 e. The van der Waals surface area contributed by atoms with Gasteiger partial charge in [-0.1, -0.05) is 224 Å². The topological polar surface area (TPSA) is 78.9 Å². The summed E-state index contributed by atoms with van der Waals surface area (Å²) >= 11 is 0. The lowest BCUT2D eigenvalue weighted by molar-refractivity contribution is -0.166. The molecule has 0 aromatic heterocycles. The summed E-state index contributed by atoms with van der Waals surface area (Å²) in [5, 5.41) is 0. The lowest BCUT2D eigenvalue weighted by atomic mass is 10.1. The third kappa shape index (κ3) is 54.0. The summed E-state index contributed by atoms with van der Waals surface area (Å²) < 4.78 is 16.7. The molecule has 6 nitrogen and oxygen atoms in total. The van der Waals surface area contributed by atoms with Crippen molar-refractivity contribution in [1.82, 2.24) is 0 Å². The van der Waals surface area contributed by atoms with E-state index in [2.05, 4.69) is 167 Å². The maximum atomic E-state index is 12.8. The lowest BCUT2D eigenvalue weighted by Crippen LogP contribution is -2.30. The number of carbonyl (C=O) groups is 3. The highest BCUT2D eigenvalue weighted by atomic mass is 16.6. The van der Waals surface area contributed by atoms with Gasteiger partial charge in [0.25, 0.3) is 0 Å². The quantitative estimate of drug-likeness (QED) is 0.0199. The Morgan fingerprint density at radius 3 is 1.07 bits per heavy atom. The minimum absolute atomic E-state index is 0.145. The van der Waals surface area contributed by atoms with Crippen molar-refractivity contribution in [2.75, 3.05) is 13.2 Å². The summed E-state index contributed by atoms with van der Waals surface area (Å²) in [7, 11) is 0. The average molecular weight is 963 g/mol. The number of unbranched alkanes of at least 4 members (excludes halogenated alkanes) is 11. The Bertz CT molecular complexity index is 1620. The fourth-order valence-corrected chi connectivity index (χ4v) is 6.73. The number of carbonyl (C=O) groups excluding carboxylic acids is 3. The molecule has 0 amide bonds. The second kappa shape index (κ2) is 56.6. The molecule has 70 heavy (non-hydrogen) atoms. The summed E-state index contributed by atoms with van der Waals surface area (Å²) in [5.74, 6) is -1.13. The van der Waals surface area contributed by atoms with E-state index in [-0.39, 0.29) is 38.0 Å². The molecular weight excluding hydrogens is 865 g/mol. The van der Waals surface area contributed by atoms with E-state index in [0.29, 0.717) is 19.3 Å². The molecule has 0 heterocycles. The third-order valence-corrected chi connectivity index (χ3v) is 10.8. The van der Waals surface area contributed by atoms with Gasteiger partial charge < -0.3 is 14.2 Å². The van der Waals surface area contributed by atoms with Crippen LogP contribution in [-0.2, 0) is 28.6 Å². The largest absolute Gasteiger partial charge is 0.462 e. The van der Waals surface area contributed by atoms with E-state index < -0.39 is 12.1 Å². The van der Waals surface area contributed by atoms with Crippen LogP contribution in [0.4, 0.5) is 0 Å². The van der Waals surface area contributed by atoms with Gasteiger partial charge in [-0.2, -0.15) is 0 Å². The van der Waals surface area contributed by atoms with E-state index in [4.69, 9.17) is 14.2 Å². The van der Waals surface area contributed by atoms with Gasteiger partial charge in [-0.25, -0.2) is 0 Å². The van der Waals surface area contributed by atoms with Crippen LogP contribution in [0.1, 0.15) is 207 Å². The molecule has 390 valence electrons. The Balaban J connectivity index is 4.67. The molecule has 0 aliphatic carbocycles. The fourth-order valence-electron chi connectivity index (χ4n) is 6.73. The highest BCUT2D eigenvalue weighted by Gasteiger charge is 2.19. The average Bonchev–Trinajstić information content (AvgIpc) is 3.36.